The first-order chi connectivity index (χ1) is 9.12. The van der Waals surface area contributed by atoms with Crippen LogP contribution in [0.1, 0.15) is 29.4 Å². The summed E-state index contributed by atoms with van der Waals surface area (Å²) >= 11 is 0. The summed E-state index contributed by atoms with van der Waals surface area (Å²) in [5, 5.41) is 8.48. The number of nitrogens with one attached hydrogen (secondary N) is 3. The Labute approximate surface area is 112 Å². The molecular weight excluding hydrogens is 244 g/mol. The molecule has 1 saturated heterocycles. The fraction of sp³-hybridized carbons (Fsp3) is 0.462. The second-order valence-corrected chi connectivity index (χ2v) is 4.51. The molecule has 1 aliphatic rings. The highest BCUT2D eigenvalue weighted by Crippen LogP contribution is 2.11. The third-order valence-corrected chi connectivity index (χ3v) is 3.07. The van der Waals surface area contributed by atoms with E-state index in [1.807, 2.05) is 6.92 Å². The topological polar surface area (TPSA) is 83.1 Å². The van der Waals surface area contributed by atoms with E-state index in [2.05, 4.69) is 20.9 Å². The summed E-state index contributed by atoms with van der Waals surface area (Å²) in [6.07, 6.45) is 1.11. The molecule has 3 N–H and O–H groups in total. The zero-order chi connectivity index (χ0) is 13.8. The van der Waals surface area contributed by atoms with Crippen LogP contribution in [0.4, 0.5) is 5.82 Å². The van der Waals surface area contributed by atoms with Gasteiger partial charge in [-0.25, -0.2) is 4.98 Å². The molecule has 1 fully saturated rings. The van der Waals surface area contributed by atoms with Crippen LogP contribution in [0, 0.1) is 0 Å². The molecule has 2 heterocycles. The van der Waals surface area contributed by atoms with Gasteiger partial charge in [0.1, 0.15) is 5.82 Å². The molecule has 19 heavy (non-hydrogen) atoms. The van der Waals surface area contributed by atoms with Crippen molar-refractivity contribution < 1.29 is 9.59 Å². The van der Waals surface area contributed by atoms with E-state index in [9.17, 15) is 9.59 Å². The first-order valence-electron chi connectivity index (χ1n) is 6.38. The van der Waals surface area contributed by atoms with Gasteiger partial charge < -0.3 is 16.0 Å². The van der Waals surface area contributed by atoms with Gasteiger partial charge in [-0.2, -0.15) is 0 Å². The van der Waals surface area contributed by atoms with Crippen molar-refractivity contribution in [1.29, 1.82) is 0 Å². The third kappa shape index (κ3) is 3.21. The van der Waals surface area contributed by atoms with Crippen LogP contribution in [0.2, 0.25) is 0 Å². The predicted octanol–water partition coefficient (Wildman–Crippen LogP) is 0.304. The molecule has 2 amide bonds. The van der Waals surface area contributed by atoms with Crippen molar-refractivity contribution >= 4 is 17.6 Å². The fourth-order valence-corrected chi connectivity index (χ4v) is 2.00. The molecule has 0 bridgehead atoms. The summed E-state index contributed by atoms with van der Waals surface area (Å²) in [7, 11) is 1.77. The molecule has 0 saturated carbocycles. The van der Waals surface area contributed by atoms with Gasteiger partial charge in [-0.1, -0.05) is 6.92 Å². The van der Waals surface area contributed by atoms with Gasteiger partial charge in [-0.3, -0.25) is 9.59 Å². The number of hydrogen-bond acceptors (Lipinski definition) is 4. The van der Waals surface area contributed by atoms with Gasteiger partial charge in [0.05, 0.1) is 6.04 Å². The number of nitrogens with zero attached hydrogens (tertiary/aromatic N) is 1. The summed E-state index contributed by atoms with van der Waals surface area (Å²) in [6.45, 7) is 2.48. The lowest BCUT2D eigenvalue weighted by Crippen LogP contribution is -2.36. The lowest BCUT2D eigenvalue weighted by Gasteiger charge is -2.12. The minimum absolute atomic E-state index is 0.0230. The van der Waals surface area contributed by atoms with Gasteiger partial charge in [-0.05, 0) is 18.6 Å². The van der Waals surface area contributed by atoms with E-state index < -0.39 is 0 Å². The number of aryl methyl sites for hydroxylation is 1. The van der Waals surface area contributed by atoms with Gasteiger partial charge in [0.15, 0.2) is 0 Å². The first kappa shape index (κ1) is 13.3. The van der Waals surface area contributed by atoms with Gasteiger partial charge in [0, 0.05) is 31.3 Å². The molecule has 6 nitrogen and oxygen atoms in total. The number of rotatable bonds is 4. The van der Waals surface area contributed by atoms with Crippen molar-refractivity contribution in [2.24, 2.45) is 0 Å². The molecule has 102 valence electrons. The van der Waals surface area contributed by atoms with Crippen LogP contribution in [0.15, 0.2) is 12.1 Å². The van der Waals surface area contributed by atoms with Crippen molar-refractivity contribution in [3.8, 4) is 0 Å². The maximum Gasteiger partial charge on any atom is 0.251 e. The van der Waals surface area contributed by atoms with E-state index in [-0.39, 0.29) is 17.9 Å². The van der Waals surface area contributed by atoms with Crippen molar-refractivity contribution in [2.75, 3.05) is 18.9 Å². The second-order valence-electron chi connectivity index (χ2n) is 4.51. The second kappa shape index (κ2) is 5.69. The summed E-state index contributed by atoms with van der Waals surface area (Å²) in [5.74, 6) is 0.477. The first-order valence-corrected chi connectivity index (χ1v) is 6.38. The smallest absolute Gasteiger partial charge is 0.251 e. The Morgan fingerprint density at radius 2 is 2.32 bits per heavy atom. The normalized spacial score (nSPS) is 18.0. The van der Waals surface area contributed by atoms with Gasteiger partial charge >= 0.3 is 0 Å². The van der Waals surface area contributed by atoms with Crippen LogP contribution < -0.4 is 16.0 Å². The molecule has 0 spiro atoms. The quantitative estimate of drug-likeness (QED) is 0.729. The van der Waals surface area contributed by atoms with Crippen LogP contribution in [0.5, 0.6) is 0 Å². The van der Waals surface area contributed by atoms with Crippen molar-refractivity contribution in [2.45, 2.75) is 25.8 Å². The van der Waals surface area contributed by atoms with E-state index in [4.69, 9.17) is 0 Å². The molecular formula is C13H18N4O2. The van der Waals surface area contributed by atoms with Gasteiger partial charge in [0.25, 0.3) is 5.91 Å². The Bertz CT molecular complexity index is 479. The van der Waals surface area contributed by atoms with Crippen LogP contribution in [-0.4, -0.2) is 36.4 Å². The zero-order valence-electron chi connectivity index (χ0n) is 11.1. The molecule has 1 aromatic rings. The molecule has 1 aliphatic heterocycles. The average Bonchev–Trinajstić information content (AvgIpc) is 2.83. The number of aromatic nitrogens is 1. The lowest BCUT2D eigenvalue weighted by atomic mass is 10.1. The summed E-state index contributed by atoms with van der Waals surface area (Å²) < 4.78 is 0. The number of pyridine rings is 1. The summed E-state index contributed by atoms with van der Waals surface area (Å²) in [6, 6.07) is 3.36. The number of carbonyl (C=O) groups is 2. The minimum atomic E-state index is -0.171. The number of carbonyl (C=O) groups excluding carboxylic acids is 2. The minimum Gasteiger partial charge on any atom is -0.373 e. The Morgan fingerprint density at radius 3 is 2.89 bits per heavy atom. The highest BCUT2D eigenvalue weighted by molar-refractivity contribution is 5.95. The number of anilines is 1. The van der Waals surface area contributed by atoms with E-state index in [0.717, 1.165) is 12.1 Å². The molecule has 0 radical (unpaired) electrons. The van der Waals surface area contributed by atoms with Crippen LogP contribution in [0.3, 0.4) is 0 Å². The lowest BCUT2D eigenvalue weighted by molar-refractivity contribution is -0.119. The Balaban J connectivity index is 2.11. The molecule has 1 unspecified atom stereocenters. The van der Waals surface area contributed by atoms with Crippen LogP contribution in [0.25, 0.3) is 0 Å². The van der Waals surface area contributed by atoms with Crippen molar-refractivity contribution in [3.63, 3.8) is 0 Å². The monoisotopic (exact) mass is 262 g/mol. The highest BCUT2D eigenvalue weighted by atomic mass is 16.2. The van der Waals surface area contributed by atoms with Gasteiger partial charge in [-0.15, -0.1) is 0 Å². The van der Waals surface area contributed by atoms with Gasteiger partial charge in [0.2, 0.25) is 5.91 Å². The van der Waals surface area contributed by atoms with E-state index in [0.29, 0.717) is 24.3 Å². The molecule has 2 rings (SSSR count). The van der Waals surface area contributed by atoms with E-state index >= 15 is 0 Å². The molecule has 1 aromatic heterocycles. The molecule has 6 heteroatoms. The maximum atomic E-state index is 12.1. The Kier molecular flexibility index (Phi) is 3.99. The summed E-state index contributed by atoms with van der Waals surface area (Å²) in [5.41, 5.74) is 1.42. The number of hydrogen-bond donors (Lipinski definition) is 3. The summed E-state index contributed by atoms with van der Waals surface area (Å²) in [4.78, 5) is 27.6. The SMILES string of the molecule is CCc1cc(C(=O)NC2CNC(=O)C2)cc(NC)n1. The highest BCUT2D eigenvalue weighted by Gasteiger charge is 2.23. The maximum absolute atomic E-state index is 12.1. The van der Waals surface area contributed by atoms with E-state index in [1.165, 1.54) is 0 Å². The number of amides is 2. The Morgan fingerprint density at radius 1 is 1.53 bits per heavy atom. The molecule has 0 aliphatic carbocycles. The van der Waals surface area contributed by atoms with E-state index in [1.54, 1.807) is 19.2 Å². The third-order valence-electron chi connectivity index (χ3n) is 3.07. The van der Waals surface area contributed by atoms with Crippen molar-refractivity contribution in [3.05, 3.63) is 23.4 Å². The van der Waals surface area contributed by atoms with Crippen molar-refractivity contribution in [1.82, 2.24) is 15.6 Å². The fourth-order valence-electron chi connectivity index (χ4n) is 2.00. The standard InChI is InChI=1S/C13H18N4O2/c1-3-9-4-8(5-11(14-2)16-9)13(19)17-10-6-12(18)15-7-10/h4-5,10H,3,6-7H2,1-2H3,(H,14,16)(H,15,18)(H,17,19). The largest absolute Gasteiger partial charge is 0.373 e. The zero-order valence-corrected chi connectivity index (χ0v) is 11.1. The van der Waals surface area contributed by atoms with Crippen LogP contribution in [-0.2, 0) is 11.2 Å². The predicted molar refractivity (Wildman–Crippen MR) is 72.0 cm³/mol. The van der Waals surface area contributed by atoms with Crippen LogP contribution >= 0.6 is 0 Å². The molecule has 1 atom stereocenters. The average molecular weight is 262 g/mol. The Hall–Kier alpha value is -2.11. The molecule has 0 aromatic carbocycles.